The molecule has 3 rings (SSSR count). The van der Waals surface area contributed by atoms with E-state index in [9.17, 15) is 10.1 Å². The van der Waals surface area contributed by atoms with Gasteiger partial charge in [0.05, 0.1) is 22.6 Å². The van der Waals surface area contributed by atoms with E-state index < -0.39 is 4.92 Å². The molecule has 1 N–H and O–H groups in total. The minimum absolute atomic E-state index is 0.0496. The van der Waals surface area contributed by atoms with Crippen LogP contribution in [0.5, 0.6) is 5.75 Å². The quantitative estimate of drug-likeness (QED) is 0.571. The summed E-state index contributed by atoms with van der Waals surface area (Å²) >= 11 is 0. The summed E-state index contributed by atoms with van der Waals surface area (Å²) in [7, 11) is 0. The molecule has 6 nitrogen and oxygen atoms in total. The number of aromatic amines is 1. The fourth-order valence-electron chi connectivity index (χ4n) is 2.23. The van der Waals surface area contributed by atoms with E-state index in [-0.39, 0.29) is 11.4 Å². The van der Waals surface area contributed by atoms with Gasteiger partial charge in [0.2, 0.25) is 0 Å². The topological polar surface area (TPSA) is 81.0 Å². The number of imidazole rings is 1. The molecule has 2 aromatic carbocycles. The second kappa shape index (κ2) is 5.85. The van der Waals surface area contributed by atoms with Gasteiger partial charge in [0.15, 0.2) is 5.75 Å². The van der Waals surface area contributed by atoms with Crippen molar-refractivity contribution in [2.45, 2.75) is 13.3 Å². The van der Waals surface area contributed by atoms with Crippen LogP contribution < -0.4 is 4.74 Å². The Balaban J connectivity index is 2.03. The monoisotopic (exact) mass is 297 g/mol. The van der Waals surface area contributed by atoms with Gasteiger partial charge in [-0.2, -0.15) is 0 Å². The van der Waals surface area contributed by atoms with Crippen LogP contribution in [0.3, 0.4) is 0 Å². The molecular formula is C16H15N3O3. The van der Waals surface area contributed by atoms with Crippen LogP contribution >= 0.6 is 0 Å². The molecule has 112 valence electrons. The highest BCUT2D eigenvalue weighted by Gasteiger charge is 2.17. The number of ether oxygens (including phenoxy) is 1. The molecule has 0 spiro atoms. The van der Waals surface area contributed by atoms with Gasteiger partial charge in [-0.1, -0.05) is 19.1 Å². The van der Waals surface area contributed by atoms with Crippen LogP contribution in [0.1, 0.15) is 13.3 Å². The Bertz CT molecular complexity index is 793. The molecule has 0 bridgehead atoms. The van der Waals surface area contributed by atoms with E-state index in [4.69, 9.17) is 4.74 Å². The molecule has 0 fully saturated rings. The Labute approximate surface area is 126 Å². The first-order chi connectivity index (χ1) is 10.7. The zero-order valence-corrected chi connectivity index (χ0v) is 12.1. The molecule has 1 aromatic heterocycles. The van der Waals surface area contributed by atoms with Crippen molar-refractivity contribution < 1.29 is 9.66 Å². The van der Waals surface area contributed by atoms with E-state index >= 15 is 0 Å². The zero-order valence-electron chi connectivity index (χ0n) is 12.1. The predicted octanol–water partition coefficient (Wildman–Crippen LogP) is 3.93. The van der Waals surface area contributed by atoms with Crippen molar-refractivity contribution in [3.05, 3.63) is 52.6 Å². The second-order valence-corrected chi connectivity index (χ2v) is 4.89. The summed E-state index contributed by atoms with van der Waals surface area (Å²) in [6.07, 6.45) is 0.794. The molecule has 0 saturated carbocycles. The number of nitro groups is 1. The first-order valence-electron chi connectivity index (χ1n) is 7.05. The van der Waals surface area contributed by atoms with Crippen LogP contribution in [-0.2, 0) is 0 Å². The smallest absolute Gasteiger partial charge is 0.311 e. The van der Waals surface area contributed by atoms with Gasteiger partial charge in [-0.05, 0) is 30.7 Å². The van der Waals surface area contributed by atoms with Crippen molar-refractivity contribution in [2.24, 2.45) is 0 Å². The van der Waals surface area contributed by atoms with E-state index in [1.807, 2.05) is 31.2 Å². The summed E-state index contributed by atoms with van der Waals surface area (Å²) in [4.78, 5) is 18.4. The van der Waals surface area contributed by atoms with Gasteiger partial charge in [0.25, 0.3) is 0 Å². The first-order valence-corrected chi connectivity index (χ1v) is 7.05. The Morgan fingerprint density at radius 2 is 2.09 bits per heavy atom. The zero-order chi connectivity index (χ0) is 15.5. The summed E-state index contributed by atoms with van der Waals surface area (Å²) < 4.78 is 5.43. The number of H-pyrrole nitrogens is 1. The Kier molecular flexibility index (Phi) is 3.74. The summed E-state index contributed by atoms with van der Waals surface area (Å²) in [6, 6.07) is 12.5. The van der Waals surface area contributed by atoms with Crippen molar-refractivity contribution in [1.82, 2.24) is 9.97 Å². The number of nitro benzene ring substituents is 1. The highest BCUT2D eigenvalue weighted by Crippen LogP contribution is 2.32. The summed E-state index contributed by atoms with van der Waals surface area (Å²) in [6.45, 7) is 2.40. The minimum atomic E-state index is -0.433. The SMILES string of the molecule is CCCOc1ccc(-c2nc3ccccc3[nH]2)cc1[N+](=O)[O-]. The largest absolute Gasteiger partial charge is 0.487 e. The summed E-state index contributed by atoms with van der Waals surface area (Å²) in [5.41, 5.74) is 2.33. The molecule has 0 amide bonds. The number of rotatable bonds is 5. The highest BCUT2D eigenvalue weighted by molar-refractivity contribution is 5.79. The molecule has 0 aliphatic carbocycles. The van der Waals surface area contributed by atoms with Crippen LogP contribution in [-0.4, -0.2) is 21.5 Å². The van der Waals surface area contributed by atoms with Crippen LogP contribution in [0.15, 0.2) is 42.5 Å². The maximum Gasteiger partial charge on any atom is 0.311 e. The van der Waals surface area contributed by atoms with E-state index in [2.05, 4.69) is 9.97 Å². The summed E-state index contributed by atoms with van der Waals surface area (Å²) in [5.74, 6) is 0.887. The van der Waals surface area contributed by atoms with Gasteiger partial charge < -0.3 is 9.72 Å². The highest BCUT2D eigenvalue weighted by atomic mass is 16.6. The fourth-order valence-corrected chi connectivity index (χ4v) is 2.23. The Hall–Kier alpha value is -2.89. The number of fused-ring (bicyclic) bond motifs is 1. The molecule has 22 heavy (non-hydrogen) atoms. The average molecular weight is 297 g/mol. The summed E-state index contributed by atoms with van der Waals surface area (Å²) in [5, 5.41) is 11.2. The minimum Gasteiger partial charge on any atom is -0.487 e. The van der Waals surface area contributed by atoms with Gasteiger partial charge in [-0.3, -0.25) is 10.1 Å². The molecule has 1 heterocycles. The lowest BCUT2D eigenvalue weighted by molar-refractivity contribution is -0.385. The van der Waals surface area contributed by atoms with Crippen molar-refractivity contribution in [3.8, 4) is 17.1 Å². The van der Waals surface area contributed by atoms with Crippen LogP contribution in [0.2, 0.25) is 0 Å². The van der Waals surface area contributed by atoms with E-state index in [1.54, 1.807) is 12.1 Å². The normalized spacial score (nSPS) is 10.8. The number of hydrogen-bond acceptors (Lipinski definition) is 4. The number of nitrogens with one attached hydrogen (secondary N) is 1. The third-order valence-corrected chi connectivity index (χ3v) is 3.28. The van der Waals surface area contributed by atoms with Gasteiger partial charge >= 0.3 is 5.69 Å². The fraction of sp³-hybridized carbons (Fsp3) is 0.188. The van der Waals surface area contributed by atoms with E-state index in [1.165, 1.54) is 6.07 Å². The molecule has 3 aromatic rings. The third kappa shape index (κ3) is 2.63. The van der Waals surface area contributed by atoms with Crippen molar-refractivity contribution >= 4 is 16.7 Å². The number of aromatic nitrogens is 2. The lowest BCUT2D eigenvalue weighted by Gasteiger charge is -2.06. The van der Waals surface area contributed by atoms with Crippen LogP contribution in [0, 0.1) is 10.1 Å². The lowest BCUT2D eigenvalue weighted by atomic mass is 10.2. The lowest BCUT2D eigenvalue weighted by Crippen LogP contribution is -1.99. The van der Waals surface area contributed by atoms with Crippen LogP contribution in [0.4, 0.5) is 5.69 Å². The predicted molar refractivity (Wildman–Crippen MR) is 84.0 cm³/mol. The number of hydrogen-bond donors (Lipinski definition) is 1. The van der Waals surface area contributed by atoms with Gasteiger partial charge in [-0.25, -0.2) is 4.98 Å². The van der Waals surface area contributed by atoms with Crippen molar-refractivity contribution in [2.75, 3.05) is 6.61 Å². The maximum absolute atomic E-state index is 11.2. The molecule has 0 saturated heterocycles. The average Bonchev–Trinajstić information content (AvgIpc) is 2.96. The third-order valence-electron chi connectivity index (χ3n) is 3.28. The van der Waals surface area contributed by atoms with Crippen molar-refractivity contribution in [1.29, 1.82) is 0 Å². The number of benzene rings is 2. The van der Waals surface area contributed by atoms with Gasteiger partial charge in [0, 0.05) is 11.6 Å². The van der Waals surface area contributed by atoms with Crippen LogP contribution in [0.25, 0.3) is 22.4 Å². The van der Waals surface area contributed by atoms with Gasteiger partial charge in [0.1, 0.15) is 5.82 Å². The Morgan fingerprint density at radius 1 is 1.27 bits per heavy atom. The Morgan fingerprint density at radius 3 is 2.82 bits per heavy atom. The molecule has 6 heteroatoms. The molecule has 0 aliphatic heterocycles. The molecule has 0 aliphatic rings. The van der Waals surface area contributed by atoms with Crippen molar-refractivity contribution in [3.63, 3.8) is 0 Å². The molecule has 0 unspecified atom stereocenters. The molecular weight excluding hydrogens is 282 g/mol. The first kappa shape index (κ1) is 14.1. The van der Waals surface area contributed by atoms with E-state index in [0.717, 1.165) is 17.5 Å². The molecule has 0 atom stereocenters. The number of para-hydroxylation sites is 2. The van der Waals surface area contributed by atoms with Gasteiger partial charge in [-0.15, -0.1) is 0 Å². The molecule has 0 radical (unpaired) electrons. The number of nitrogens with zero attached hydrogens (tertiary/aromatic N) is 2. The maximum atomic E-state index is 11.2. The van der Waals surface area contributed by atoms with E-state index in [0.29, 0.717) is 18.0 Å². The standard InChI is InChI=1S/C16H15N3O3/c1-2-9-22-15-8-7-11(10-14(15)19(20)21)16-17-12-5-3-4-6-13(12)18-16/h3-8,10H,2,9H2,1H3,(H,17,18). The second-order valence-electron chi connectivity index (χ2n) is 4.89.